The van der Waals surface area contributed by atoms with E-state index in [1.165, 1.54) is 16.9 Å². The van der Waals surface area contributed by atoms with Gasteiger partial charge in [-0.25, -0.2) is 5.43 Å². The molecule has 0 saturated carbocycles. The molecule has 0 aliphatic rings. The third-order valence-corrected chi connectivity index (χ3v) is 5.93. The van der Waals surface area contributed by atoms with Crippen LogP contribution in [0.3, 0.4) is 0 Å². The Hall–Kier alpha value is -2.96. The van der Waals surface area contributed by atoms with Crippen LogP contribution in [0.25, 0.3) is 0 Å². The minimum absolute atomic E-state index is 0.0422. The molecule has 2 N–H and O–H groups in total. The van der Waals surface area contributed by atoms with Crippen LogP contribution < -0.4 is 10.7 Å². The van der Waals surface area contributed by atoms with Gasteiger partial charge in [0.05, 0.1) is 14.9 Å². The lowest BCUT2D eigenvalue weighted by atomic mass is 9.87. The molecule has 2 amide bonds. The first kappa shape index (κ1) is 22.7. The SMILES string of the molecule is CC(=NNC(=O)c1ccc(Cl)s1)c1ccc(NC(=O)c2ccc(C(C)(C)C)cc2)cc1. The van der Waals surface area contributed by atoms with Gasteiger partial charge in [-0.3, -0.25) is 9.59 Å². The molecule has 2 aromatic carbocycles. The number of anilines is 1. The van der Waals surface area contributed by atoms with Crippen molar-refractivity contribution in [2.75, 3.05) is 5.32 Å². The Kier molecular flexibility index (Phi) is 6.93. The van der Waals surface area contributed by atoms with E-state index in [4.69, 9.17) is 11.6 Å². The van der Waals surface area contributed by atoms with E-state index in [0.717, 1.165) is 5.56 Å². The molecule has 0 fully saturated rings. The second-order valence-corrected chi connectivity index (χ2v) is 9.82. The monoisotopic (exact) mass is 453 g/mol. The summed E-state index contributed by atoms with van der Waals surface area (Å²) >= 11 is 7.05. The number of hydrogen-bond acceptors (Lipinski definition) is 4. The number of hydrogen-bond donors (Lipinski definition) is 2. The number of carbonyl (C=O) groups excluding carboxylic acids is 2. The number of halogens is 1. The maximum Gasteiger partial charge on any atom is 0.281 e. The highest BCUT2D eigenvalue weighted by Crippen LogP contribution is 2.23. The highest BCUT2D eigenvalue weighted by atomic mass is 35.5. The van der Waals surface area contributed by atoms with Gasteiger partial charge in [0.2, 0.25) is 0 Å². The summed E-state index contributed by atoms with van der Waals surface area (Å²) in [7, 11) is 0. The van der Waals surface area contributed by atoms with E-state index in [0.29, 0.717) is 26.2 Å². The van der Waals surface area contributed by atoms with Crippen molar-refractivity contribution < 1.29 is 9.59 Å². The molecule has 0 aliphatic heterocycles. The van der Waals surface area contributed by atoms with Crippen LogP contribution in [0.15, 0.2) is 65.8 Å². The Labute approximate surface area is 191 Å². The van der Waals surface area contributed by atoms with E-state index in [1.54, 1.807) is 31.2 Å². The van der Waals surface area contributed by atoms with Crippen LogP contribution in [0.5, 0.6) is 0 Å². The Morgan fingerprint density at radius 3 is 2.03 bits per heavy atom. The summed E-state index contributed by atoms with van der Waals surface area (Å²) in [4.78, 5) is 25.1. The van der Waals surface area contributed by atoms with E-state index in [9.17, 15) is 9.59 Å². The van der Waals surface area contributed by atoms with Crippen molar-refractivity contribution in [3.63, 3.8) is 0 Å². The van der Waals surface area contributed by atoms with Crippen molar-refractivity contribution in [2.45, 2.75) is 33.1 Å². The molecule has 1 aromatic heterocycles. The molecule has 3 aromatic rings. The molecule has 160 valence electrons. The predicted octanol–water partition coefficient (Wildman–Crippen LogP) is 6.11. The van der Waals surface area contributed by atoms with Crippen molar-refractivity contribution in [1.82, 2.24) is 5.43 Å². The number of rotatable bonds is 5. The summed E-state index contributed by atoms with van der Waals surface area (Å²) in [5.74, 6) is -0.474. The van der Waals surface area contributed by atoms with Gasteiger partial charge in [0.25, 0.3) is 11.8 Å². The van der Waals surface area contributed by atoms with Crippen LogP contribution in [0.1, 0.15) is 58.9 Å². The molecule has 5 nitrogen and oxygen atoms in total. The largest absolute Gasteiger partial charge is 0.322 e. The van der Waals surface area contributed by atoms with Gasteiger partial charge in [-0.2, -0.15) is 5.10 Å². The zero-order valence-corrected chi connectivity index (χ0v) is 19.4. The summed E-state index contributed by atoms with van der Waals surface area (Å²) in [6.07, 6.45) is 0. The first-order chi connectivity index (χ1) is 14.6. The van der Waals surface area contributed by atoms with Crippen molar-refractivity contribution in [3.05, 3.63) is 86.6 Å². The number of hydrazone groups is 1. The van der Waals surface area contributed by atoms with E-state index in [-0.39, 0.29) is 17.2 Å². The molecule has 0 saturated heterocycles. The third-order valence-electron chi connectivity index (χ3n) is 4.70. The molecule has 0 bridgehead atoms. The Morgan fingerprint density at radius 2 is 1.48 bits per heavy atom. The number of thiophene rings is 1. The highest BCUT2D eigenvalue weighted by Gasteiger charge is 2.14. The lowest BCUT2D eigenvalue weighted by Crippen LogP contribution is -2.18. The standard InChI is InChI=1S/C24H24ClN3O2S/c1-15(27-28-23(30)20-13-14-21(25)31-20)16-7-11-19(12-8-16)26-22(29)17-5-9-18(10-6-17)24(2,3)4/h5-14H,1-4H3,(H,26,29)(H,28,30). The van der Waals surface area contributed by atoms with Crippen LogP contribution in [0, 0.1) is 0 Å². The molecule has 3 rings (SSSR count). The van der Waals surface area contributed by atoms with Gasteiger partial charge < -0.3 is 5.32 Å². The lowest BCUT2D eigenvalue weighted by molar-refractivity contribution is 0.0958. The van der Waals surface area contributed by atoms with Gasteiger partial charge in [0.15, 0.2) is 0 Å². The summed E-state index contributed by atoms with van der Waals surface area (Å²) < 4.78 is 0.550. The van der Waals surface area contributed by atoms with Crippen molar-refractivity contribution in [3.8, 4) is 0 Å². The lowest BCUT2D eigenvalue weighted by Gasteiger charge is -2.19. The van der Waals surface area contributed by atoms with Crippen molar-refractivity contribution in [1.29, 1.82) is 0 Å². The number of amides is 2. The first-order valence-electron chi connectivity index (χ1n) is 9.76. The van der Waals surface area contributed by atoms with Crippen LogP contribution in [-0.2, 0) is 5.41 Å². The molecule has 31 heavy (non-hydrogen) atoms. The normalized spacial score (nSPS) is 11.8. The first-order valence-corrected chi connectivity index (χ1v) is 11.0. The van der Waals surface area contributed by atoms with E-state index in [1.807, 2.05) is 36.4 Å². The summed E-state index contributed by atoms with van der Waals surface area (Å²) in [5, 5.41) is 7.04. The van der Waals surface area contributed by atoms with E-state index in [2.05, 4.69) is 36.6 Å². The number of nitrogens with zero attached hydrogens (tertiary/aromatic N) is 1. The van der Waals surface area contributed by atoms with Gasteiger partial charge in [-0.1, -0.05) is 56.6 Å². The average molecular weight is 454 g/mol. The highest BCUT2D eigenvalue weighted by molar-refractivity contribution is 7.18. The summed E-state index contributed by atoms with van der Waals surface area (Å²) in [6.45, 7) is 8.21. The van der Waals surface area contributed by atoms with Gasteiger partial charge in [0.1, 0.15) is 0 Å². The zero-order chi connectivity index (χ0) is 22.6. The van der Waals surface area contributed by atoms with Crippen LogP contribution in [0.2, 0.25) is 4.34 Å². The molecule has 0 atom stereocenters. The maximum absolute atomic E-state index is 12.5. The Morgan fingerprint density at radius 1 is 0.871 bits per heavy atom. The molecule has 1 heterocycles. The third kappa shape index (κ3) is 6.03. The quantitative estimate of drug-likeness (QED) is 0.361. The van der Waals surface area contributed by atoms with Gasteiger partial charge >= 0.3 is 0 Å². The molecule has 0 unspecified atom stereocenters. The molecule has 0 aliphatic carbocycles. The second-order valence-electron chi connectivity index (χ2n) is 8.10. The summed E-state index contributed by atoms with van der Waals surface area (Å²) in [6, 6.07) is 18.2. The fourth-order valence-corrected chi connectivity index (χ4v) is 3.74. The van der Waals surface area contributed by atoms with Crippen LogP contribution in [0.4, 0.5) is 5.69 Å². The summed E-state index contributed by atoms with van der Waals surface area (Å²) in [5.41, 5.74) is 6.50. The van der Waals surface area contributed by atoms with E-state index >= 15 is 0 Å². The van der Waals surface area contributed by atoms with Crippen LogP contribution in [-0.4, -0.2) is 17.5 Å². The van der Waals surface area contributed by atoms with Crippen LogP contribution >= 0.6 is 22.9 Å². The van der Waals surface area contributed by atoms with Gasteiger partial charge in [-0.15, -0.1) is 11.3 Å². The Balaban J connectivity index is 1.61. The minimum Gasteiger partial charge on any atom is -0.322 e. The minimum atomic E-state index is -0.308. The van der Waals surface area contributed by atoms with Crippen molar-refractivity contribution >= 4 is 46.2 Å². The number of nitrogens with one attached hydrogen (secondary N) is 2. The fourth-order valence-electron chi connectivity index (χ4n) is 2.81. The number of benzene rings is 2. The second kappa shape index (κ2) is 9.45. The van der Waals surface area contributed by atoms with Gasteiger partial charge in [0, 0.05) is 11.3 Å². The predicted molar refractivity (Wildman–Crippen MR) is 129 cm³/mol. The molecular weight excluding hydrogens is 430 g/mol. The van der Waals surface area contributed by atoms with Crippen molar-refractivity contribution in [2.24, 2.45) is 5.10 Å². The smallest absolute Gasteiger partial charge is 0.281 e. The zero-order valence-electron chi connectivity index (χ0n) is 17.8. The topological polar surface area (TPSA) is 70.6 Å². The van der Waals surface area contributed by atoms with Gasteiger partial charge in [-0.05, 0) is 59.9 Å². The fraction of sp³-hybridized carbons (Fsp3) is 0.208. The number of carbonyl (C=O) groups is 2. The average Bonchev–Trinajstić information content (AvgIpc) is 3.18. The van der Waals surface area contributed by atoms with E-state index < -0.39 is 0 Å². The molecular formula is C24H24ClN3O2S. The maximum atomic E-state index is 12.5. The molecule has 7 heteroatoms. The molecule has 0 radical (unpaired) electrons. The Bertz CT molecular complexity index is 1110. The molecule has 0 spiro atoms.